The molecule has 9 heteroatoms. The molecule has 0 saturated carbocycles. The Balaban J connectivity index is 0.000000219. The van der Waals surface area contributed by atoms with E-state index < -0.39 is 21.8 Å². The van der Waals surface area contributed by atoms with Gasteiger partial charge in [-0.1, -0.05) is 6.07 Å². The molecule has 2 N–H and O–H groups in total. The van der Waals surface area contributed by atoms with E-state index in [0.29, 0.717) is 0 Å². The fraction of sp³-hybridized carbons (Fsp3) is 0.222. The number of carbonyl (C=O) groups excluding carboxylic acids is 2. The van der Waals surface area contributed by atoms with Gasteiger partial charge < -0.3 is 19.7 Å². The van der Waals surface area contributed by atoms with Gasteiger partial charge >= 0.3 is 11.9 Å². The van der Waals surface area contributed by atoms with Crippen molar-refractivity contribution in [3.05, 3.63) is 47.5 Å². The molecule has 27 heavy (non-hydrogen) atoms. The van der Waals surface area contributed by atoms with Crippen LogP contribution in [-0.4, -0.2) is 43.8 Å². The molecule has 0 atom stereocenters. The van der Waals surface area contributed by atoms with Crippen LogP contribution in [0.25, 0.3) is 0 Å². The number of phenols is 2. The van der Waals surface area contributed by atoms with Gasteiger partial charge in [-0.2, -0.15) is 0 Å². The maximum Gasteiger partial charge on any atom is 0.341 e. The summed E-state index contributed by atoms with van der Waals surface area (Å²) < 4.78 is 31.1. The van der Waals surface area contributed by atoms with E-state index in [2.05, 4.69) is 0 Å². The molecule has 3 rings (SSSR count). The van der Waals surface area contributed by atoms with E-state index in [1.54, 1.807) is 13.8 Å². The third kappa shape index (κ3) is 4.37. The van der Waals surface area contributed by atoms with Crippen LogP contribution in [0.3, 0.4) is 0 Å². The first kappa shape index (κ1) is 20.2. The largest absolute Gasteiger partial charge is 0.507 e. The van der Waals surface area contributed by atoms with E-state index in [1.165, 1.54) is 36.4 Å². The van der Waals surface area contributed by atoms with Gasteiger partial charge in [0, 0.05) is 0 Å². The van der Waals surface area contributed by atoms with Crippen LogP contribution in [0, 0.1) is 0 Å². The molecule has 0 spiro atoms. The lowest BCUT2D eigenvalue weighted by Gasteiger charge is -2.06. The zero-order valence-electron chi connectivity index (χ0n) is 14.6. The molecule has 0 bridgehead atoms. The summed E-state index contributed by atoms with van der Waals surface area (Å²) in [6, 6.07) is 8.28. The van der Waals surface area contributed by atoms with Crippen LogP contribution >= 0.6 is 0 Å². The summed E-state index contributed by atoms with van der Waals surface area (Å²) in [6.45, 7) is 3.82. The van der Waals surface area contributed by atoms with Gasteiger partial charge in [-0.05, 0) is 44.2 Å². The molecule has 8 nitrogen and oxygen atoms in total. The third-order valence-corrected chi connectivity index (χ3v) is 5.16. The molecule has 0 unspecified atom stereocenters. The number of sulfone groups is 1. The summed E-state index contributed by atoms with van der Waals surface area (Å²) in [5.74, 6) is -1.61. The smallest absolute Gasteiger partial charge is 0.341 e. The molecule has 1 heterocycles. The van der Waals surface area contributed by atoms with Crippen molar-refractivity contribution in [3.8, 4) is 11.5 Å². The third-order valence-electron chi connectivity index (χ3n) is 3.48. The highest BCUT2D eigenvalue weighted by Crippen LogP contribution is 2.45. The Morgan fingerprint density at radius 3 is 2.07 bits per heavy atom. The summed E-state index contributed by atoms with van der Waals surface area (Å²) in [5.41, 5.74) is 0.220. The lowest BCUT2D eigenvalue weighted by atomic mass is 10.1. The van der Waals surface area contributed by atoms with Crippen LogP contribution in [0.15, 0.2) is 46.2 Å². The molecule has 2 aromatic carbocycles. The molecule has 1 aliphatic rings. The van der Waals surface area contributed by atoms with Crippen LogP contribution in [0.5, 0.6) is 11.5 Å². The maximum absolute atomic E-state index is 11.4. The first-order chi connectivity index (χ1) is 12.7. The van der Waals surface area contributed by atoms with Crippen LogP contribution in [0.1, 0.15) is 34.6 Å². The topological polar surface area (TPSA) is 127 Å². The molecule has 0 radical (unpaired) electrons. The molecule has 0 aliphatic carbocycles. The Bertz CT molecular complexity index is 979. The number of rotatable bonds is 4. The highest BCUT2D eigenvalue weighted by molar-refractivity contribution is 7.97. The number of hydrogen-bond donors (Lipinski definition) is 2. The Hall–Kier alpha value is -3.07. The van der Waals surface area contributed by atoms with Gasteiger partial charge in [0.15, 0.2) is 0 Å². The number of esters is 2. The summed E-state index contributed by atoms with van der Waals surface area (Å²) >= 11 is 0. The number of carbonyl (C=O) groups is 2. The van der Waals surface area contributed by atoms with Gasteiger partial charge in [0.05, 0.1) is 23.7 Å². The fourth-order valence-corrected chi connectivity index (χ4v) is 3.59. The Labute approximate surface area is 155 Å². The van der Waals surface area contributed by atoms with Gasteiger partial charge in [0.1, 0.15) is 22.0 Å². The first-order valence-corrected chi connectivity index (χ1v) is 9.46. The zero-order chi connectivity index (χ0) is 20.2. The van der Waals surface area contributed by atoms with Crippen LogP contribution in [-0.2, 0) is 19.3 Å². The fourth-order valence-electron chi connectivity index (χ4n) is 2.19. The summed E-state index contributed by atoms with van der Waals surface area (Å²) in [6.07, 6.45) is 0. The second-order valence-corrected chi connectivity index (χ2v) is 7.14. The van der Waals surface area contributed by atoms with Crippen molar-refractivity contribution in [2.45, 2.75) is 23.6 Å². The minimum absolute atomic E-state index is 0.0277. The summed E-state index contributed by atoms with van der Waals surface area (Å²) in [7, 11) is -3.16. The van der Waals surface area contributed by atoms with Gasteiger partial charge in [0.25, 0.3) is 0 Å². The normalized spacial score (nSPS) is 12.8. The van der Waals surface area contributed by atoms with Crippen LogP contribution in [0.2, 0.25) is 0 Å². The Morgan fingerprint density at radius 1 is 0.926 bits per heavy atom. The minimum atomic E-state index is -3.16. The van der Waals surface area contributed by atoms with Crippen LogP contribution < -0.4 is 0 Å². The van der Waals surface area contributed by atoms with E-state index in [9.17, 15) is 23.1 Å². The average Bonchev–Trinajstić information content (AvgIpc) is 3.19. The number of hydrogen-bond acceptors (Lipinski definition) is 8. The number of fused-ring (bicyclic) bond motifs is 1. The maximum atomic E-state index is 11.4. The van der Waals surface area contributed by atoms with E-state index in [-0.39, 0.29) is 45.6 Å². The van der Waals surface area contributed by atoms with Gasteiger partial charge in [-0.25, -0.2) is 18.0 Å². The zero-order valence-corrected chi connectivity index (χ0v) is 15.4. The predicted molar refractivity (Wildman–Crippen MR) is 93.6 cm³/mol. The molecular weight excluding hydrogens is 376 g/mol. The second-order valence-electron chi connectivity index (χ2n) is 5.28. The molecule has 2 aromatic rings. The molecule has 0 aromatic heterocycles. The standard InChI is InChI=1S/C12H14O5.C6H4O3S/c1-3-16-11(14)8-5-6-9(10(13)7-8)12(15)17-4-2;7-4-2-1-3-5-6(4)10(5,8)9/h5-7,13H,3-4H2,1-2H3;1-3,7H. The second kappa shape index (κ2) is 8.09. The quantitative estimate of drug-likeness (QED) is 0.510. The van der Waals surface area contributed by atoms with Crippen LogP contribution in [0.4, 0.5) is 0 Å². The van der Waals surface area contributed by atoms with Crippen molar-refractivity contribution in [2.75, 3.05) is 13.2 Å². The van der Waals surface area contributed by atoms with E-state index >= 15 is 0 Å². The molecule has 0 saturated heterocycles. The van der Waals surface area contributed by atoms with Crippen molar-refractivity contribution in [2.24, 2.45) is 0 Å². The molecule has 0 fully saturated rings. The highest BCUT2D eigenvalue weighted by Gasteiger charge is 2.42. The summed E-state index contributed by atoms with van der Waals surface area (Å²) in [5, 5.41) is 18.5. The predicted octanol–water partition coefficient (Wildman–Crippen LogP) is 2.28. The lowest BCUT2D eigenvalue weighted by Crippen LogP contribution is -2.08. The lowest BCUT2D eigenvalue weighted by molar-refractivity contribution is 0.0508. The average molecular weight is 394 g/mol. The summed E-state index contributed by atoms with van der Waals surface area (Å²) in [4.78, 5) is 23.1. The van der Waals surface area contributed by atoms with Gasteiger partial charge in [0.2, 0.25) is 9.84 Å². The molecule has 144 valence electrons. The SMILES string of the molecule is CCOC(=O)c1ccc(C(=O)OCC)c(O)c1.O=S1(=O)c2cccc(O)c21. The monoisotopic (exact) mass is 394 g/mol. The van der Waals surface area contributed by atoms with Crippen molar-refractivity contribution < 1.29 is 37.7 Å². The highest BCUT2D eigenvalue weighted by atomic mass is 32.2. The minimum Gasteiger partial charge on any atom is -0.507 e. The van der Waals surface area contributed by atoms with Gasteiger partial charge in [-0.15, -0.1) is 0 Å². The number of ether oxygens (including phenoxy) is 2. The molecule has 0 amide bonds. The van der Waals surface area contributed by atoms with E-state index in [1.807, 2.05) is 0 Å². The van der Waals surface area contributed by atoms with Crippen molar-refractivity contribution in [3.63, 3.8) is 0 Å². The number of benzene rings is 2. The van der Waals surface area contributed by atoms with E-state index in [4.69, 9.17) is 14.6 Å². The Morgan fingerprint density at radius 2 is 1.56 bits per heavy atom. The van der Waals surface area contributed by atoms with Crippen molar-refractivity contribution in [1.29, 1.82) is 0 Å². The van der Waals surface area contributed by atoms with Crippen molar-refractivity contribution >= 4 is 21.8 Å². The first-order valence-electron chi connectivity index (χ1n) is 7.98. The molecular formula is C18H18O8S. The number of phenolic OH excluding ortho intramolecular Hbond substituents is 2. The van der Waals surface area contributed by atoms with E-state index in [0.717, 1.165) is 0 Å². The van der Waals surface area contributed by atoms with Crippen molar-refractivity contribution in [1.82, 2.24) is 0 Å². The van der Waals surface area contributed by atoms with Gasteiger partial charge in [-0.3, -0.25) is 0 Å². The number of aromatic hydroxyl groups is 2. The molecule has 1 aliphatic heterocycles. The Kier molecular flexibility index (Phi) is 6.06.